The van der Waals surface area contributed by atoms with Crippen molar-refractivity contribution in [3.63, 3.8) is 0 Å². The summed E-state index contributed by atoms with van der Waals surface area (Å²) in [5.41, 5.74) is 4.01. The zero-order chi connectivity index (χ0) is 19.5. The van der Waals surface area contributed by atoms with E-state index in [1.807, 2.05) is 37.4 Å². The second-order valence-electron chi connectivity index (χ2n) is 6.77. The quantitative estimate of drug-likeness (QED) is 0.602. The molecular weight excluding hydrogens is 368 g/mol. The Balaban J connectivity index is 1.58. The van der Waals surface area contributed by atoms with E-state index >= 15 is 0 Å². The van der Waals surface area contributed by atoms with E-state index in [1.54, 1.807) is 18.1 Å². The predicted molar refractivity (Wildman–Crippen MR) is 115 cm³/mol. The number of thioether (sulfide) groups is 1. The number of aryl methyl sites for hydroxylation is 1. The number of Topliss-reactive ketones (excluding diaryl/α,β-unsaturated/α-hetero) is 1. The molecule has 1 aromatic heterocycles. The topological polar surface area (TPSA) is 58.1 Å². The number of ketones is 1. The van der Waals surface area contributed by atoms with Gasteiger partial charge in [-0.15, -0.1) is 11.8 Å². The minimum atomic E-state index is 0.242. The number of carbonyl (C=O) groups excluding carboxylic acids is 1. The molecule has 1 N–H and O–H groups in total. The lowest BCUT2D eigenvalue weighted by Crippen LogP contribution is -2.13. The number of carbonyl (C=O) groups is 1. The minimum absolute atomic E-state index is 0.242. The molecule has 5 nitrogen and oxygen atoms in total. The minimum Gasteiger partial charge on any atom is -0.340 e. The maximum absolute atomic E-state index is 12.0. The van der Waals surface area contributed by atoms with Gasteiger partial charge in [0, 0.05) is 35.7 Å². The van der Waals surface area contributed by atoms with Gasteiger partial charge in [-0.1, -0.05) is 12.1 Å². The van der Waals surface area contributed by atoms with Gasteiger partial charge in [0.1, 0.15) is 18.0 Å². The molecule has 0 radical (unpaired) electrons. The van der Waals surface area contributed by atoms with Crippen LogP contribution in [0.15, 0.2) is 59.8 Å². The van der Waals surface area contributed by atoms with Gasteiger partial charge in [0.25, 0.3) is 0 Å². The molecule has 3 aromatic rings. The number of hydrogen-bond acceptors (Lipinski definition) is 6. The summed E-state index contributed by atoms with van der Waals surface area (Å²) in [6, 6.07) is 16.1. The third-order valence-electron chi connectivity index (χ3n) is 4.97. The van der Waals surface area contributed by atoms with Crippen LogP contribution in [0, 0.1) is 0 Å². The van der Waals surface area contributed by atoms with Gasteiger partial charge < -0.3 is 10.2 Å². The summed E-state index contributed by atoms with van der Waals surface area (Å²) in [6.07, 6.45) is 6.16. The van der Waals surface area contributed by atoms with Gasteiger partial charge in [-0.25, -0.2) is 9.97 Å². The Morgan fingerprint density at radius 1 is 1.07 bits per heavy atom. The summed E-state index contributed by atoms with van der Waals surface area (Å²) in [6.45, 7) is 0. The van der Waals surface area contributed by atoms with Crippen LogP contribution in [0.5, 0.6) is 0 Å². The molecule has 0 spiro atoms. The number of rotatable bonds is 5. The molecule has 1 aliphatic rings. The van der Waals surface area contributed by atoms with Crippen molar-refractivity contribution in [1.29, 1.82) is 0 Å². The molecular formula is C22H22N4OS. The number of anilines is 4. The highest BCUT2D eigenvalue weighted by atomic mass is 32.2. The van der Waals surface area contributed by atoms with E-state index < -0.39 is 0 Å². The smallest absolute Gasteiger partial charge is 0.163 e. The van der Waals surface area contributed by atoms with Gasteiger partial charge in [-0.2, -0.15) is 0 Å². The van der Waals surface area contributed by atoms with Gasteiger partial charge in [0.05, 0.1) is 5.69 Å². The highest BCUT2D eigenvalue weighted by molar-refractivity contribution is 7.98. The Morgan fingerprint density at radius 2 is 1.93 bits per heavy atom. The van der Waals surface area contributed by atoms with Crippen LogP contribution in [-0.4, -0.2) is 29.1 Å². The number of aromatic nitrogens is 2. The number of nitrogens with zero attached hydrogens (tertiary/aromatic N) is 3. The third-order valence-corrected chi connectivity index (χ3v) is 5.76. The summed E-state index contributed by atoms with van der Waals surface area (Å²) >= 11 is 1.71. The molecule has 28 heavy (non-hydrogen) atoms. The molecule has 2 aromatic carbocycles. The van der Waals surface area contributed by atoms with Crippen molar-refractivity contribution in [3.05, 3.63) is 66.0 Å². The van der Waals surface area contributed by atoms with E-state index in [-0.39, 0.29) is 5.78 Å². The second kappa shape index (κ2) is 8.02. The average Bonchev–Trinajstić information content (AvgIpc) is 2.73. The summed E-state index contributed by atoms with van der Waals surface area (Å²) in [5, 5.41) is 3.35. The van der Waals surface area contributed by atoms with Gasteiger partial charge >= 0.3 is 0 Å². The molecule has 1 aliphatic carbocycles. The van der Waals surface area contributed by atoms with Crippen LogP contribution in [0.2, 0.25) is 0 Å². The van der Waals surface area contributed by atoms with Gasteiger partial charge in [-0.05, 0) is 55.0 Å². The molecule has 4 rings (SSSR count). The monoisotopic (exact) mass is 390 g/mol. The van der Waals surface area contributed by atoms with Crippen molar-refractivity contribution < 1.29 is 4.79 Å². The molecule has 0 bridgehead atoms. The lowest BCUT2D eigenvalue weighted by molar-refractivity contribution is 0.0972. The van der Waals surface area contributed by atoms with Crippen LogP contribution >= 0.6 is 11.8 Å². The molecule has 0 atom stereocenters. The molecule has 0 saturated heterocycles. The van der Waals surface area contributed by atoms with E-state index in [1.165, 1.54) is 4.90 Å². The summed E-state index contributed by atoms with van der Waals surface area (Å²) < 4.78 is 0. The van der Waals surface area contributed by atoms with Crippen molar-refractivity contribution in [1.82, 2.24) is 9.97 Å². The first-order chi connectivity index (χ1) is 13.7. The number of fused-ring (bicyclic) bond motifs is 1. The van der Waals surface area contributed by atoms with Crippen LogP contribution in [0.3, 0.4) is 0 Å². The Morgan fingerprint density at radius 3 is 2.79 bits per heavy atom. The van der Waals surface area contributed by atoms with Crippen molar-refractivity contribution >= 4 is 40.6 Å². The highest BCUT2D eigenvalue weighted by Crippen LogP contribution is 2.32. The number of hydrogen-bond donors (Lipinski definition) is 1. The molecule has 0 fully saturated rings. The molecule has 0 saturated carbocycles. The predicted octanol–water partition coefficient (Wildman–Crippen LogP) is 5.23. The summed E-state index contributed by atoms with van der Waals surface area (Å²) in [4.78, 5) is 24.1. The first-order valence-electron chi connectivity index (χ1n) is 9.27. The van der Waals surface area contributed by atoms with Gasteiger partial charge in [0.2, 0.25) is 0 Å². The molecule has 0 aliphatic heterocycles. The van der Waals surface area contributed by atoms with Crippen molar-refractivity contribution in [2.75, 3.05) is 23.5 Å². The van der Waals surface area contributed by atoms with E-state index in [2.05, 4.69) is 44.6 Å². The lowest BCUT2D eigenvalue weighted by atomic mass is 9.90. The number of para-hydroxylation sites is 1. The summed E-state index contributed by atoms with van der Waals surface area (Å²) in [5.74, 6) is 1.78. The van der Waals surface area contributed by atoms with Crippen LogP contribution in [0.1, 0.15) is 28.8 Å². The van der Waals surface area contributed by atoms with Crippen molar-refractivity contribution in [2.24, 2.45) is 0 Å². The SMILES string of the molecule is CSc1ccccc1N(C)c1cc(Nc2ccc3c(c2)CCCC3=O)ncn1. The normalized spacial score (nSPS) is 13.1. The number of nitrogens with one attached hydrogen (secondary N) is 1. The van der Waals surface area contributed by atoms with Gasteiger partial charge in [-0.3, -0.25) is 4.79 Å². The second-order valence-corrected chi connectivity index (χ2v) is 7.61. The zero-order valence-corrected chi connectivity index (χ0v) is 16.8. The van der Waals surface area contributed by atoms with Crippen LogP contribution in [-0.2, 0) is 6.42 Å². The summed E-state index contributed by atoms with van der Waals surface area (Å²) in [7, 11) is 2.01. The highest BCUT2D eigenvalue weighted by Gasteiger charge is 2.17. The fourth-order valence-electron chi connectivity index (χ4n) is 3.50. The molecule has 142 valence electrons. The lowest BCUT2D eigenvalue weighted by Gasteiger charge is -2.21. The fourth-order valence-corrected chi connectivity index (χ4v) is 4.13. The van der Waals surface area contributed by atoms with Gasteiger partial charge in [0.15, 0.2) is 5.78 Å². The first-order valence-corrected chi connectivity index (χ1v) is 10.5. The number of benzene rings is 2. The first kappa shape index (κ1) is 18.5. The molecule has 0 unspecified atom stereocenters. The van der Waals surface area contributed by atoms with Crippen LogP contribution in [0.4, 0.5) is 23.0 Å². The van der Waals surface area contributed by atoms with E-state index in [4.69, 9.17) is 0 Å². The van der Waals surface area contributed by atoms with E-state index in [0.717, 1.165) is 47.0 Å². The zero-order valence-electron chi connectivity index (χ0n) is 16.0. The molecule has 0 amide bonds. The van der Waals surface area contributed by atoms with Crippen molar-refractivity contribution in [2.45, 2.75) is 24.2 Å². The fraction of sp³-hybridized carbons (Fsp3) is 0.227. The Bertz CT molecular complexity index is 1020. The molecule has 6 heteroatoms. The Labute approximate surface area is 169 Å². The Kier molecular flexibility index (Phi) is 5.30. The maximum Gasteiger partial charge on any atom is 0.163 e. The van der Waals surface area contributed by atoms with Crippen molar-refractivity contribution in [3.8, 4) is 0 Å². The standard InChI is InChI=1S/C22H22N4OS/c1-26(18-7-3-4-9-20(18)28-2)22-13-21(23-14-24-22)25-16-10-11-17-15(12-16)6-5-8-19(17)27/h3-4,7,9-14H,5-6,8H2,1-2H3,(H,23,24,25). The van der Waals surface area contributed by atoms with E-state index in [9.17, 15) is 4.79 Å². The largest absolute Gasteiger partial charge is 0.340 e. The maximum atomic E-state index is 12.0. The molecule has 1 heterocycles. The Hall–Kier alpha value is -2.86. The third kappa shape index (κ3) is 3.73. The average molecular weight is 391 g/mol. The van der Waals surface area contributed by atoms with Crippen LogP contribution < -0.4 is 10.2 Å². The van der Waals surface area contributed by atoms with E-state index in [0.29, 0.717) is 6.42 Å². The van der Waals surface area contributed by atoms with Crippen LogP contribution in [0.25, 0.3) is 0 Å².